The molecule has 1 unspecified atom stereocenters. The third kappa shape index (κ3) is 5.35. The van der Waals surface area contributed by atoms with Crippen molar-refractivity contribution in [3.63, 3.8) is 0 Å². The fourth-order valence-corrected chi connectivity index (χ4v) is 1.77. The van der Waals surface area contributed by atoms with Gasteiger partial charge in [0.15, 0.2) is 0 Å². The van der Waals surface area contributed by atoms with Crippen molar-refractivity contribution in [1.29, 1.82) is 5.26 Å². The maximum Gasteiger partial charge on any atom is 0.142 e. The van der Waals surface area contributed by atoms with Gasteiger partial charge < -0.3 is 5.32 Å². The van der Waals surface area contributed by atoms with E-state index in [0.717, 1.165) is 18.0 Å². The molecular formula is C14H21N3. The SMILES string of the molecule is CC(C)CCCC(C)Nc1ccnc(C#N)c1. The molecule has 0 fully saturated rings. The second kappa shape index (κ2) is 6.90. The highest BCUT2D eigenvalue weighted by atomic mass is 14.9. The van der Waals surface area contributed by atoms with Crippen LogP contribution >= 0.6 is 0 Å². The minimum Gasteiger partial charge on any atom is -0.382 e. The Kier molecular flexibility index (Phi) is 5.48. The number of nitriles is 1. The number of anilines is 1. The summed E-state index contributed by atoms with van der Waals surface area (Å²) in [6, 6.07) is 6.17. The lowest BCUT2D eigenvalue weighted by molar-refractivity contribution is 0.520. The molecule has 1 rings (SSSR count). The molecule has 0 aliphatic carbocycles. The van der Waals surface area contributed by atoms with Crippen LogP contribution in [-0.4, -0.2) is 11.0 Å². The van der Waals surface area contributed by atoms with Crippen LogP contribution in [0.25, 0.3) is 0 Å². The van der Waals surface area contributed by atoms with Crippen molar-refractivity contribution >= 4 is 5.69 Å². The molecule has 1 aromatic rings. The Balaban J connectivity index is 2.39. The molecule has 1 heterocycles. The van der Waals surface area contributed by atoms with Gasteiger partial charge in [0.25, 0.3) is 0 Å². The molecule has 0 saturated heterocycles. The standard InChI is InChI=1S/C14H21N3/c1-11(2)5-4-6-12(3)17-13-7-8-16-14(9-13)10-15/h7-9,11-12H,4-6H2,1-3H3,(H,16,17). The number of nitrogens with zero attached hydrogens (tertiary/aromatic N) is 2. The van der Waals surface area contributed by atoms with Crippen LogP contribution in [0.2, 0.25) is 0 Å². The largest absolute Gasteiger partial charge is 0.382 e. The monoisotopic (exact) mass is 231 g/mol. The molecule has 0 saturated carbocycles. The van der Waals surface area contributed by atoms with E-state index in [1.165, 1.54) is 12.8 Å². The molecule has 92 valence electrons. The third-order valence-corrected chi connectivity index (χ3v) is 2.71. The van der Waals surface area contributed by atoms with Gasteiger partial charge in [-0.25, -0.2) is 4.98 Å². The Morgan fingerprint density at radius 3 is 2.76 bits per heavy atom. The Bertz CT molecular complexity index is 379. The molecule has 0 radical (unpaired) electrons. The van der Waals surface area contributed by atoms with E-state index in [2.05, 4.69) is 31.1 Å². The fraction of sp³-hybridized carbons (Fsp3) is 0.571. The average molecular weight is 231 g/mol. The van der Waals surface area contributed by atoms with Crippen molar-refractivity contribution in [3.8, 4) is 6.07 Å². The number of rotatable bonds is 6. The predicted octanol–water partition coefficient (Wildman–Crippen LogP) is 3.58. The van der Waals surface area contributed by atoms with Gasteiger partial charge in [0, 0.05) is 17.9 Å². The summed E-state index contributed by atoms with van der Waals surface area (Å²) < 4.78 is 0. The van der Waals surface area contributed by atoms with Crippen molar-refractivity contribution in [2.75, 3.05) is 5.32 Å². The minimum atomic E-state index is 0.433. The summed E-state index contributed by atoms with van der Waals surface area (Å²) in [6.07, 6.45) is 5.33. The second-order valence-corrected chi connectivity index (χ2v) is 4.91. The lowest BCUT2D eigenvalue weighted by atomic mass is 10.0. The van der Waals surface area contributed by atoms with Crippen LogP contribution in [-0.2, 0) is 0 Å². The Morgan fingerprint density at radius 2 is 2.12 bits per heavy atom. The van der Waals surface area contributed by atoms with E-state index in [9.17, 15) is 0 Å². The molecule has 0 aliphatic heterocycles. The molecule has 3 nitrogen and oxygen atoms in total. The normalized spacial score (nSPS) is 12.2. The second-order valence-electron chi connectivity index (χ2n) is 4.91. The van der Waals surface area contributed by atoms with E-state index in [4.69, 9.17) is 5.26 Å². The van der Waals surface area contributed by atoms with E-state index in [-0.39, 0.29) is 0 Å². The summed E-state index contributed by atoms with van der Waals surface area (Å²) >= 11 is 0. The third-order valence-electron chi connectivity index (χ3n) is 2.71. The summed E-state index contributed by atoms with van der Waals surface area (Å²) in [6.45, 7) is 6.67. The lowest BCUT2D eigenvalue weighted by Crippen LogP contribution is -2.15. The van der Waals surface area contributed by atoms with E-state index in [1.54, 1.807) is 12.3 Å². The maximum absolute atomic E-state index is 8.76. The Labute approximate surface area is 104 Å². The van der Waals surface area contributed by atoms with Crippen molar-refractivity contribution < 1.29 is 0 Å². The van der Waals surface area contributed by atoms with Gasteiger partial charge >= 0.3 is 0 Å². The van der Waals surface area contributed by atoms with Gasteiger partial charge in [-0.3, -0.25) is 0 Å². The van der Waals surface area contributed by atoms with Crippen LogP contribution in [0, 0.1) is 17.2 Å². The lowest BCUT2D eigenvalue weighted by Gasteiger charge is -2.15. The quantitative estimate of drug-likeness (QED) is 0.814. The Morgan fingerprint density at radius 1 is 1.35 bits per heavy atom. The highest BCUT2D eigenvalue weighted by molar-refractivity contribution is 5.46. The number of hydrogen-bond donors (Lipinski definition) is 1. The molecule has 1 N–H and O–H groups in total. The van der Waals surface area contributed by atoms with Crippen molar-refractivity contribution in [1.82, 2.24) is 4.98 Å². The van der Waals surface area contributed by atoms with Crippen molar-refractivity contribution in [2.45, 2.75) is 46.1 Å². The van der Waals surface area contributed by atoms with Gasteiger partial charge in [0.05, 0.1) is 0 Å². The topological polar surface area (TPSA) is 48.7 Å². The molecule has 0 amide bonds. The molecule has 17 heavy (non-hydrogen) atoms. The highest BCUT2D eigenvalue weighted by Gasteiger charge is 2.03. The first-order valence-corrected chi connectivity index (χ1v) is 6.24. The highest BCUT2D eigenvalue weighted by Crippen LogP contribution is 2.13. The molecule has 0 spiro atoms. The summed E-state index contributed by atoms with van der Waals surface area (Å²) in [5.41, 5.74) is 1.44. The zero-order chi connectivity index (χ0) is 12.7. The molecule has 1 aromatic heterocycles. The number of hydrogen-bond acceptors (Lipinski definition) is 3. The van der Waals surface area contributed by atoms with Crippen LogP contribution in [0.3, 0.4) is 0 Å². The van der Waals surface area contributed by atoms with Gasteiger partial charge in [-0.05, 0) is 31.4 Å². The van der Waals surface area contributed by atoms with E-state index < -0.39 is 0 Å². The van der Waals surface area contributed by atoms with Crippen LogP contribution < -0.4 is 5.32 Å². The molecule has 1 atom stereocenters. The first-order valence-electron chi connectivity index (χ1n) is 6.24. The van der Waals surface area contributed by atoms with Crippen LogP contribution in [0.5, 0.6) is 0 Å². The maximum atomic E-state index is 8.76. The molecule has 0 aliphatic rings. The summed E-state index contributed by atoms with van der Waals surface area (Å²) in [4.78, 5) is 3.95. The first kappa shape index (κ1) is 13.5. The van der Waals surface area contributed by atoms with Crippen LogP contribution in [0.15, 0.2) is 18.3 Å². The molecular weight excluding hydrogens is 210 g/mol. The zero-order valence-corrected chi connectivity index (χ0v) is 10.9. The molecule has 3 heteroatoms. The molecule has 0 bridgehead atoms. The van der Waals surface area contributed by atoms with Crippen LogP contribution in [0.4, 0.5) is 5.69 Å². The number of aromatic nitrogens is 1. The number of pyridine rings is 1. The van der Waals surface area contributed by atoms with E-state index in [0.29, 0.717) is 11.7 Å². The van der Waals surface area contributed by atoms with Gasteiger partial charge in [-0.15, -0.1) is 0 Å². The molecule has 0 aromatic carbocycles. The van der Waals surface area contributed by atoms with Gasteiger partial charge in [-0.2, -0.15) is 5.26 Å². The van der Waals surface area contributed by atoms with Gasteiger partial charge in [0.1, 0.15) is 11.8 Å². The van der Waals surface area contributed by atoms with E-state index >= 15 is 0 Å². The summed E-state index contributed by atoms with van der Waals surface area (Å²) in [5, 5.41) is 12.2. The van der Waals surface area contributed by atoms with Gasteiger partial charge in [0.2, 0.25) is 0 Å². The predicted molar refractivity (Wildman–Crippen MR) is 70.7 cm³/mol. The smallest absolute Gasteiger partial charge is 0.142 e. The van der Waals surface area contributed by atoms with Gasteiger partial charge in [-0.1, -0.05) is 26.7 Å². The van der Waals surface area contributed by atoms with E-state index in [1.807, 2.05) is 12.1 Å². The average Bonchev–Trinajstić information content (AvgIpc) is 2.28. The summed E-state index contributed by atoms with van der Waals surface area (Å²) in [5.74, 6) is 0.772. The minimum absolute atomic E-state index is 0.433. The first-order chi connectivity index (χ1) is 8.11. The van der Waals surface area contributed by atoms with Crippen molar-refractivity contribution in [2.24, 2.45) is 5.92 Å². The van der Waals surface area contributed by atoms with Crippen LogP contribution in [0.1, 0.15) is 45.7 Å². The Hall–Kier alpha value is -1.56. The number of nitrogens with one attached hydrogen (secondary N) is 1. The summed E-state index contributed by atoms with van der Waals surface area (Å²) in [7, 11) is 0. The van der Waals surface area contributed by atoms with Crippen molar-refractivity contribution in [3.05, 3.63) is 24.0 Å². The zero-order valence-electron chi connectivity index (χ0n) is 10.9. The fourth-order valence-electron chi connectivity index (χ4n) is 1.77.